The molecule has 80 valence electrons. The Hall–Kier alpha value is -0.980. The lowest BCUT2D eigenvalue weighted by molar-refractivity contribution is 0.242. The van der Waals surface area contributed by atoms with E-state index in [1.165, 1.54) is 37.7 Å². The number of nitrogen functional groups attached to an aromatic ring is 1. The third kappa shape index (κ3) is 1.29. The number of benzene rings is 1. The molecule has 2 aliphatic carbocycles. The zero-order chi connectivity index (χ0) is 10.4. The molecule has 2 unspecified atom stereocenters. The van der Waals surface area contributed by atoms with Gasteiger partial charge in [0.15, 0.2) is 0 Å². The summed E-state index contributed by atoms with van der Waals surface area (Å²) >= 11 is 0. The molecule has 2 atom stereocenters. The molecule has 2 N–H and O–H groups in total. The van der Waals surface area contributed by atoms with Crippen molar-refractivity contribution in [2.75, 3.05) is 5.73 Å². The molecule has 0 heterocycles. The summed E-state index contributed by atoms with van der Waals surface area (Å²) in [6.07, 6.45) is 6.89. The highest BCUT2D eigenvalue weighted by atomic mass is 14.6. The molecule has 1 aromatic rings. The fourth-order valence-corrected chi connectivity index (χ4v) is 3.34. The van der Waals surface area contributed by atoms with Gasteiger partial charge in [0.25, 0.3) is 0 Å². The molecule has 0 aromatic heterocycles. The van der Waals surface area contributed by atoms with Crippen molar-refractivity contribution in [3.63, 3.8) is 0 Å². The number of hydrogen-bond acceptors (Lipinski definition) is 1. The van der Waals surface area contributed by atoms with Crippen LogP contribution in [0.2, 0.25) is 0 Å². The molecule has 1 aromatic carbocycles. The minimum Gasteiger partial charge on any atom is -0.399 e. The minimum atomic E-state index is 0.863. The molecule has 3 rings (SSSR count). The zero-order valence-corrected chi connectivity index (χ0v) is 9.42. The van der Waals surface area contributed by atoms with E-state index in [4.69, 9.17) is 5.73 Å². The highest BCUT2D eigenvalue weighted by molar-refractivity contribution is 5.54. The minimum absolute atomic E-state index is 0.863. The molecule has 15 heavy (non-hydrogen) atoms. The van der Waals surface area contributed by atoms with Crippen LogP contribution in [0.4, 0.5) is 5.69 Å². The molecule has 1 heteroatoms. The van der Waals surface area contributed by atoms with Gasteiger partial charge in [-0.3, -0.25) is 0 Å². The number of nitrogens with two attached hydrogens (primary N) is 1. The maximum Gasteiger partial charge on any atom is 0.0346 e. The summed E-state index contributed by atoms with van der Waals surface area (Å²) in [6.45, 7) is 2.19. The average Bonchev–Trinajstić information content (AvgIpc) is 2.30. The van der Waals surface area contributed by atoms with Gasteiger partial charge in [0.2, 0.25) is 0 Å². The molecule has 1 fully saturated rings. The van der Waals surface area contributed by atoms with Gasteiger partial charge in [-0.2, -0.15) is 0 Å². The van der Waals surface area contributed by atoms with Gasteiger partial charge in [-0.25, -0.2) is 0 Å². The highest BCUT2D eigenvalue weighted by Crippen LogP contribution is 2.49. The van der Waals surface area contributed by atoms with E-state index in [2.05, 4.69) is 19.1 Å². The first-order chi connectivity index (χ1) is 7.27. The van der Waals surface area contributed by atoms with Crippen LogP contribution in [0.1, 0.15) is 48.3 Å². The van der Waals surface area contributed by atoms with Crippen molar-refractivity contribution in [2.45, 2.75) is 44.9 Å². The number of hydrogen-bond donors (Lipinski definition) is 1. The van der Waals surface area contributed by atoms with Crippen LogP contribution in [0.15, 0.2) is 12.1 Å². The fourth-order valence-electron chi connectivity index (χ4n) is 3.34. The number of rotatable bonds is 0. The van der Waals surface area contributed by atoms with E-state index in [9.17, 15) is 0 Å². The number of anilines is 1. The first-order valence-electron chi connectivity index (χ1n) is 6.15. The normalized spacial score (nSPS) is 28.6. The van der Waals surface area contributed by atoms with E-state index in [1.54, 1.807) is 11.1 Å². The summed E-state index contributed by atoms with van der Waals surface area (Å²) in [7, 11) is 0. The van der Waals surface area contributed by atoms with Crippen LogP contribution < -0.4 is 5.73 Å². The average molecular weight is 201 g/mol. The maximum atomic E-state index is 5.99. The quantitative estimate of drug-likeness (QED) is 0.640. The Kier molecular flexibility index (Phi) is 2.01. The Balaban J connectivity index is 2.11. The van der Waals surface area contributed by atoms with E-state index < -0.39 is 0 Å². The lowest BCUT2D eigenvalue weighted by Gasteiger charge is -2.36. The van der Waals surface area contributed by atoms with E-state index >= 15 is 0 Å². The van der Waals surface area contributed by atoms with Crippen molar-refractivity contribution in [3.05, 3.63) is 28.8 Å². The van der Waals surface area contributed by atoms with E-state index in [0.29, 0.717) is 0 Å². The van der Waals surface area contributed by atoms with Gasteiger partial charge in [-0.1, -0.05) is 6.07 Å². The fraction of sp³-hybridized carbons (Fsp3) is 0.571. The van der Waals surface area contributed by atoms with E-state index in [1.807, 2.05) is 0 Å². The molecule has 0 spiro atoms. The van der Waals surface area contributed by atoms with Crippen LogP contribution in [0, 0.1) is 12.8 Å². The Morgan fingerprint density at radius 3 is 2.80 bits per heavy atom. The summed E-state index contributed by atoms with van der Waals surface area (Å²) in [5, 5.41) is 0. The molecule has 0 bridgehead atoms. The molecule has 0 aliphatic heterocycles. The lowest BCUT2D eigenvalue weighted by atomic mass is 9.68. The van der Waals surface area contributed by atoms with Crippen LogP contribution in [0.25, 0.3) is 0 Å². The summed E-state index contributed by atoms with van der Waals surface area (Å²) in [4.78, 5) is 0. The standard InChI is InChI=1S/C14H19N/c1-9-11-4-2-3-10-5-6-12(10)13(11)7-8-14(9)15/h7-8,10,12H,2-6,15H2,1H3. The van der Waals surface area contributed by atoms with Gasteiger partial charge in [0.05, 0.1) is 0 Å². The summed E-state index contributed by atoms with van der Waals surface area (Å²) < 4.78 is 0. The summed E-state index contributed by atoms with van der Waals surface area (Å²) in [5.41, 5.74) is 11.5. The summed E-state index contributed by atoms with van der Waals surface area (Å²) in [6, 6.07) is 4.40. The van der Waals surface area contributed by atoms with Crippen molar-refractivity contribution in [1.82, 2.24) is 0 Å². The van der Waals surface area contributed by atoms with Crippen LogP contribution in [0.5, 0.6) is 0 Å². The number of fused-ring (bicyclic) bond motifs is 3. The smallest absolute Gasteiger partial charge is 0.0346 e. The Morgan fingerprint density at radius 1 is 1.20 bits per heavy atom. The summed E-state index contributed by atoms with van der Waals surface area (Å²) in [5.74, 6) is 1.84. The Bertz CT molecular complexity index is 395. The third-order valence-corrected chi connectivity index (χ3v) is 4.50. The van der Waals surface area contributed by atoms with E-state index in [0.717, 1.165) is 17.5 Å². The van der Waals surface area contributed by atoms with E-state index in [-0.39, 0.29) is 0 Å². The second kappa shape index (κ2) is 3.26. The van der Waals surface area contributed by atoms with Gasteiger partial charge >= 0.3 is 0 Å². The second-order valence-corrected chi connectivity index (χ2v) is 5.18. The SMILES string of the molecule is Cc1c(N)ccc2c1CCCC1CCC21. The molecule has 1 saturated carbocycles. The van der Waals surface area contributed by atoms with Crippen molar-refractivity contribution in [1.29, 1.82) is 0 Å². The maximum absolute atomic E-state index is 5.99. The van der Waals surface area contributed by atoms with Crippen molar-refractivity contribution < 1.29 is 0 Å². The Morgan fingerprint density at radius 2 is 2.07 bits per heavy atom. The monoisotopic (exact) mass is 201 g/mol. The lowest BCUT2D eigenvalue weighted by Crippen LogP contribution is -2.23. The van der Waals surface area contributed by atoms with Gasteiger partial charge < -0.3 is 5.73 Å². The first kappa shape index (κ1) is 9.26. The zero-order valence-electron chi connectivity index (χ0n) is 9.42. The molecule has 1 nitrogen and oxygen atoms in total. The highest BCUT2D eigenvalue weighted by Gasteiger charge is 2.35. The van der Waals surface area contributed by atoms with Gasteiger partial charge in [-0.15, -0.1) is 0 Å². The topological polar surface area (TPSA) is 26.0 Å². The van der Waals surface area contributed by atoms with Gasteiger partial charge in [-0.05, 0) is 73.6 Å². The second-order valence-electron chi connectivity index (χ2n) is 5.18. The molecule has 2 aliphatic rings. The van der Waals surface area contributed by atoms with Crippen LogP contribution in [-0.2, 0) is 6.42 Å². The van der Waals surface area contributed by atoms with Gasteiger partial charge in [0, 0.05) is 5.69 Å². The first-order valence-corrected chi connectivity index (χ1v) is 6.15. The molecular weight excluding hydrogens is 182 g/mol. The molecular formula is C14H19N. The Labute approximate surface area is 91.7 Å². The van der Waals surface area contributed by atoms with Crippen LogP contribution >= 0.6 is 0 Å². The molecule has 0 radical (unpaired) electrons. The van der Waals surface area contributed by atoms with Crippen molar-refractivity contribution in [3.8, 4) is 0 Å². The largest absolute Gasteiger partial charge is 0.399 e. The van der Waals surface area contributed by atoms with Crippen LogP contribution in [0.3, 0.4) is 0 Å². The van der Waals surface area contributed by atoms with Crippen molar-refractivity contribution >= 4 is 5.69 Å². The molecule has 0 amide bonds. The molecule has 0 saturated heterocycles. The third-order valence-electron chi connectivity index (χ3n) is 4.50. The van der Waals surface area contributed by atoms with Crippen LogP contribution in [-0.4, -0.2) is 0 Å². The predicted molar refractivity (Wildman–Crippen MR) is 64.0 cm³/mol. The van der Waals surface area contributed by atoms with Gasteiger partial charge in [0.1, 0.15) is 0 Å². The predicted octanol–water partition coefficient (Wildman–Crippen LogP) is 3.41. The van der Waals surface area contributed by atoms with Crippen molar-refractivity contribution in [2.24, 2.45) is 5.92 Å².